The van der Waals surface area contributed by atoms with Crippen LogP contribution in [0.25, 0.3) is 0 Å². The quantitative estimate of drug-likeness (QED) is 0.839. The Morgan fingerprint density at radius 1 is 1.12 bits per heavy atom. The van der Waals surface area contributed by atoms with Crippen LogP contribution in [0.1, 0.15) is 62.7 Å². The van der Waals surface area contributed by atoms with Crippen molar-refractivity contribution in [3.8, 4) is 0 Å². The van der Waals surface area contributed by atoms with Gasteiger partial charge in [0.05, 0.1) is 12.0 Å². The predicted octanol–water partition coefficient (Wildman–Crippen LogP) is 4.33. The van der Waals surface area contributed by atoms with E-state index in [1.54, 1.807) is 0 Å². The average Bonchev–Trinajstić information content (AvgIpc) is 2.96. The zero-order valence-corrected chi connectivity index (χ0v) is 14.7. The van der Waals surface area contributed by atoms with Gasteiger partial charge in [0.25, 0.3) is 0 Å². The van der Waals surface area contributed by atoms with E-state index in [-0.39, 0.29) is 17.4 Å². The van der Waals surface area contributed by atoms with E-state index >= 15 is 0 Å². The van der Waals surface area contributed by atoms with Gasteiger partial charge in [-0.2, -0.15) is 4.98 Å². The van der Waals surface area contributed by atoms with Crippen molar-refractivity contribution in [1.82, 2.24) is 10.1 Å². The maximum atomic E-state index is 5.94. The zero-order chi connectivity index (χ0) is 16.7. The molecule has 1 saturated heterocycles. The van der Waals surface area contributed by atoms with Crippen molar-refractivity contribution in [2.75, 3.05) is 6.61 Å². The van der Waals surface area contributed by atoms with Gasteiger partial charge in [0, 0.05) is 13.0 Å². The summed E-state index contributed by atoms with van der Waals surface area (Å²) in [6.07, 6.45) is 3.26. The summed E-state index contributed by atoms with van der Waals surface area (Å²) in [5.41, 5.74) is 1.52. The first-order valence-electron chi connectivity index (χ1n) is 9.01. The molecule has 4 nitrogen and oxygen atoms in total. The number of benzene rings is 1. The molecule has 4 rings (SSSR count). The Labute approximate surface area is 143 Å². The highest BCUT2D eigenvalue weighted by molar-refractivity contribution is 5.26. The highest BCUT2D eigenvalue weighted by atomic mass is 16.5. The van der Waals surface area contributed by atoms with Gasteiger partial charge in [-0.1, -0.05) is 56.3 Å². The molecule has 0 amide bonds. The van der Waals surface area contributed by atoms with E-state index in [2.05, 4.69) is 56.3 Å². The molecule has 128 valence electrons. The number of hydrogen-bond donors (Lipinski definition) is 0. The van der Waals surface area contributed by atoms with Crippen LogP contribution in [0, 0.1) is 11.3 Å². The molecule has 1 aromatic carbocycles. The first-order chi connectivity index (χ1) is 11.5. The van der Waals surface area contributed by atoms with Crippen LogP contribution in [0.2, 0.25) is 0 Å². The van der Waals surface area contributed by atoms with Gasteiger partial charge in [0.15, 0.2) is 5.82 Å². The predicted molar refractivity (Wildman–Crippen MR) is 91.8 cm³/mol. The number of nitrogens with zero attached hydrogens (tertiary/aromatic N) is 2. The van der Waals surface area contributed by atoms with Crippen LogP contribution in [0.5, 0.6) is 0 Å². The lowest BCUT2D eigenvalue weighted by molar-refractivity contribution is 0.0193. The Morgan fingerprint density at radius 2 is 1.92 bits per heavy atom. The van der Waals surface area contributed by atoms with Crippen molar-refractivity contribution in [3.05, 3.63) is 47.6 Å². The molecule has 2 fully saturated rings. The van der Waals surface area contributed by atoms with Crippen molar-refractivity contribution in [1.29, 1.82) is 0 Å². The van der Waals surface area contributed by atoms with Crippen LogP contribution in [0.3, 0.4) is 0 Å². The minimum atomic E-state index is 0.0941. The third-order valence-electron chi connectivity index (χ3n) is 5.35. The summed E-state index contributed by atoms with van der Waals surface area (Å²) in [4.78, 5) is 4.71. The molecule has 0 N–H and O–H groups in total. The summed E-state index contributed by atoms with van der Waals surface area (Å²) in [6.45, 7) is 7.43. The fraction of sp³-hybridized carbons (Fsp3) is 0.600. The van der Waals surface area contributed by atoms with Crippen LogP contribution in [0.4, 0.5) is 0 Å². The van der Waals surface area contributed by atoms with E-state index in [9.17, 15) is 0 Å². The molecule has 2 heterocycles. The summed E-state index contributed by atoms with van der Waals surface area (Å²) >= 11 is 0. The molecule has 1 aromatic heterocycles. The molecule has 0 radical (unpaired) electrons. The fourth-order valence-electron chi connectivity index (χ4n) is 4.02. The molecule has 1 aliphatic heterocycles. The lowest BCUT2D eigenvalue weighted by atomic mass is 9.81. The number of hydrogen-bond acceptors (Lipinski definition) is 4. The van der Waals surface area contributed by atoms with Crippen LogP contribution in [-0.2, 0) is 11.2 Å². The molecular formula is C20H26N2O2. The minimum Gasteiger partial charge on any atom is -0.377 e. The number of aromatic nitrogens is 2. The Bertz CT molecular complexity index is 689. The van der Waals surface area contributed by atoms with Gasteiger partial charge in [-0.05, 0) is 35.7 Å². The summed E-state index contributed by atoms with van der Waals surface area (Å²) in [5.74, 6) is 3.16. The highest BCUT2D eigenvalue weighted by Crippen LogP contribution is 2.49. The van der Waals surface area contributed by atoms with Gasteiger partial charge in [-0.25, -0.2) is 0 Å². The molecular weight excluding hydrogens is 300 g/mol. The van der Waals surface area contributed by atoms with Gasteiger partial charge in [0.1, 0.15) is 0 Å². The van der Waals surface area contributed by atoms with Crippen molar-refractivity contribution in [3.63, 3.8) is 0 Å². The maximum absolute atomic E-state index is 5.94. The molecule has 4 heteroatoms. The van der Waals surface area contributed by atoms with Crippen molar-refractivity contribution in [2.24, 2.45) is 11.3 Å². The van der Waals surface area contributed by atoms with Gasteiger partial charge >= 0.3 is 0 Å². The van der Waals surface area contributed by atoms with Gasteiger partial charge in [-0.3, -0.25) is 0 Å². The summed E-state index contributed by atoms with van der Waals surface area (Å²) in [5, 5.41) is 4.27. The topological polar surface area (TPSA) is 48.2 Å². The Balaban J connectivity index is 1.41. The summed E-state index contributed by atoms with van der Waals surface area (Å²) < 4.78 is 11.5. The van der Waals surface area contributed by atoms with Crippen LogP contribution in [0.15, 0.2) is 34.9 Å². The maximum Gasteiger partial charge on any atom is 0.226 e. The van der Waals surface area contributed by atoms with E-state index in [1.165, 1.54) is 12.0 Å². The number of rotatable bonds is 4. The molecule has 0 bridgehead atoms. The Morgan fingerprint density at radius 3 is 2.67 bits per heavy atom. The molecule has 0 unspecified atom stereocenters. The number of ether oxygens (including phenoxy) is 1. The average molecular weight is 326 g/mol. The largest absolute Gasteiger partial charge is 0.377 e. The van der Waals surface area contributed by atoms with Gasteiger partial charge in [-0.15, -0.1) is 0 Å². The van der Waals surface area contributed by atoms with E-state index in [0.717, 1.165) is 31.2 Å². The minimum absolute atomic E-state index is 0.0941. The van der Waals surface area contributed by atoms with Gasteiger partial charge in [0.2, 0.25) is 5.89 Å². The van der Waals surface area contributed by atoms with E-state index in [0.29, 0.717) is 11.8 Å². The normalized spacial score (nSPS) is 29.8. The van der Waals surface area contributed by atoms with Gasteiger partial charge < -0.3 is 9.26 Å². The SMILES string of the molecule is CC(C)(C)[C@H]1OCC[C@@H]1c1noc(C[C@@H]2C[C@H]2c2ccccc2)n1. The third kappa shape index (κ3) is 3.12. The molecule has 0 spiro atoms. The smallest absolute Gasteiger partial charge is 0.226 e. The second-order valence-corrected chi connectivity index (χ2v) is 8.32. The highest BCUT2D eigenvalue weighted by Gasteiger charge is 2.42. The molecule has 2 aliphatic rings. The summed E-state index contributed by atoms with van der Waals surface area (Å²) in [7, 11) is 0. The van der Waals surface area contributed by atoms with Crippen LogP contribution >= 0.6 is 0 Å². The first-order valence-corrected chi connectivity index (χ1v) is 9.01. The zero-order valence-electron chi connectivity index (χ0n) is 14.7. The van der Waals surface area contributed by atoms with E-state index in [4.69, 9.17) is 14.2 Å². The first kappa shape index (κ1) is 15.8. The second-order valence-electron chi connectivity index (χ2n) is 8.32. The Kier molecular flexibility index (Phi) is 3.95. The lowest BCUT2D eigenvalue weighted by Gasteiger charge is -2.29. The fourth-order valence-corrected chi connectivity index (χ4v) is 4.02. The van der Waals surface area contributed by atoms with E-state index < -0.39 is 0 Å². The second kappa shape index (κ2) is 5.99. The van der Waals surface area contributed by atoms with Crippen molar-refractivity contribution in [2.45, 2.75) is 58.0 Å². The van der Waals surface area contributed by atoms with Crippen LogP contribution < -0.4 is 0 Å². The molecule has 24 heavy (non-hydrogen) atoms. The third-order valence-corrected chi connectivity index (χ3v) is 5.35. The molecule has 1 saturated carbocycles. The van der Waals surface area contributed by atoms with E-state index in [1.807, 2.05) is 0 Å². The van der Waals surface area contributed by atoms with Crippen molar-refractivity contribution < 1.29 is 9.26 Å². The monoisotopic (exact) mass is 326 g/mol. The molecule has 2 aromatic rings. The van der Waals surface area contributed by atoms with Crippen LogP contribution in [-0.4, -0.2) is 22.9 Å². The molecule has 4 atom stereocenters. The summed E-state index contributed by atoms with van der Waals surface area (Å²) in [6, 6.07) is 10.7. The lowest BCUT2D eigenvalue weighted by Crippen LogP contribution is -2.30. The molecule has 1 aliphatic carbocycles. The standard InChI is InChI=1S/C20H26N2O2/c1-20(2,3)18-15(9-10-23-18)19-21-17(24-22-19)12-14-11-16(14)13-7-5-4-6-8-13/h4-8,14-16,18H,9-12H2,1-3H3/t14-,15-,16-,18-/m0/s1. The Hall–Kier alpha value is -1.68. The van der Waals surface area contributed by atoms with Crippen molar-refractivity contribution >= 4 is 0 Å².